The fourth-order valence-electron chi connectivity index (χ4n) is 3.46. The summed E-state index contributed by atoms with van der Waals surface area (Å²) in [6, 6.07) is 22.2. The van der Waals surface area contributed by atoms with Gasteiger partial charge in [-0.2, -0.15) is 10.1 Å². The van der Waals surface area contributed by atoms with E-state index in [1.54, 1.807) is 6.07 Å². The van der Waals surface area contributed by atoms with Crippen LogP contribution in [0.2, 0.25) is 5.02 Å². The highest BCUT2D eigenvalue weighted by Gasteiger charge is 2.28. The molecule has 0 N–H and O–H groups in total. The van der Waals surface area contributed by atoms with E-state index in [1.165, 1.54) is 5.01 Å². The lowest BCUT2D eigenvalue weighted by atomic mass is 10.1. The van der Waals surface area contributed by atoms with Gasteiger partial charge in [0.15, 0.2) is 11.5 Å². The van der Waals surface area contributed by atoms with Crippen LogP contribution in [0.5, 0.6) is 17.2 Å². The smallest absolute Gasteiger partial charge is 0.280 e. The summed E-state index contributed by atoms with van der Waals surface area (Å²) in [5.74, 6) is 1.64. The Labute approximate surface area is 204 Å². The third kappa shape index (κ3) is 5.41. The lowest BCUT2D eigenvalue weighted by Crippen LogP contribution is -2.21. The molecular weight excluding hydrogens is 452 g/mol. The molecule has 1 aliphatic heterocycles. The molecule has 0 aromatic heterocycles. The molecule has 0 spiro atoms. The Morgan fingerprint density at radius 3 is 2.32 bits per heavy atom. The normalized spacial score (nSPS) is 14.3. The Hall–Kier alpha value is -3.77. The maximum Gasteiger partial charge on any atom is 0.280 e. The molecule has 1 amide bonds. The van der Waals surface area contributed by atoms with Gasteiger partial charge in [-0.3, -0.25) is 4.79 Å². The Balaban J connectivity index is 1.46. The van der Waals surface area contributed by atoms with Gasteiger partial charge in [-0.1, -0.05) is 48.0 Å². The first kappa shape index (κ1) is 23.4. The van der Waals surface area contributed by atoms with Crippen molar-refractivity contribution in [1.29, 1.82) is 0 Å². The third-order valence-corrected chi connectivity index (χ3v) is 5.39. The van der Waals surface area contributed by atoms with Crippen molar-refractivity contribution < 1.29 is 19.0 Å². The van der Waals surface area contributed by atoms with Gasteiger partial charge >= 0.3 is 0 Å². The zero-order valence-electron chi connectivity index (χ0n) is 19.0. The highest BCUT2D eigenvalue weighted by atomic mass is 35.5. The van der Waals surface area contributed by atoms with Crippen LogP contribution in [0.25, 0.3) is 6.08 Å². The van der Waals surface area contributed by atoms with E-state index in [0.29, 0.717) is 53.4 Å². The molecule has 4 rings (SSSR count). The highest BCUT2D eigenvalue weighted by Crippen LogP contribution is 2.31. The van der Waals surface area contributed by atoms with E-state index in [2.05, 4.69) is 5.10 Å². The van der Waals surface area contributed by atoms with E-state index in [9.17, 15) is 4.79 Å². The van der Waals surface area contributed by atoms with E-state index in [0.717, 1.165) is 11.3 Å². The molecule has 34 heavy (non-hydrogen) atoms. The molecule has 0 radical (unpaired) electrons. The molecule has 6 nitrogen and oxygen atoms in total. The Morgan fingerprint density at radius 1 is 0.882 bits per heavy atom. The summed E-state index contributed by atoms with van der Waals surface area (Å²) in [7, 11) is 0. The molecule has 174 valence electrons. The van der Waals surface area contributed by atoms with Gasteiger partial charge in [0, 0.05) is 0 Å². The van der Waals surface area contributed by atoms with Crippen LogP contribution in [0, 0.1) is 0 Å². The first-order valence-corrected chi connectivity index (χ1v) is 11.4. The van der Waals surface area contributed by atoms with Crippen LogP contribution < -0.4 is 19.2 Å². The average molecular weight is 477 g/mol. The van der Waals surface area contributed by atoms with E-state index >= 15 is 0 Å². The number of hydrazone groups is 1. The number of benzene rings is 3. The van der Waals surface area contributed by atoms with Crippen molar-refractivity contribution in [2.24, 2.45) is 5.10 Å². The third-order valence-electron chi connectivity index (χ3n) is 5.08. The van der Waals surface area contributed by atoms with Crippen LogP contribution in [0.15, 0.2) is 83.5 Å². The van der Waals surface area contributed by atoms with E-state index in [1.807, 2.05) is 86.7 Å². The molecule has 0 atom stereocenters. The van der Waals surface area contributed by atoms with Crippen LogP contribution in [-0.2, 0) is 4.79 Å². The SMILES string of the molecule is CCOc1cc(C=C2C(=O)N(c3ccccc3)N=C2C)ccc1OCCOc1ccccc1Cl. The van der Waals surface area contributed by atoms with Crippen LogP contribution in [0.3, 0.4) is 0 Å². The van der Waals surface area contributed by atoms with Crippen molar-refractivity contribution in [2.75, 3.05) is 24.8 Å². The Morgan fingerprint density at radius 2 is 1.59 bits per heavy atom. The molecule has 0 fully saturated rings. The van der Waals surface area contributed by atoms with E-state index < -0.39 is 0 Å². The standard InChI is InChI=1S/C27H25ClN2O4/c1-3-32-26-18-20(13-14-25(26)34-16-15-33-24-12-8-7-11-23(24)28)17-22-19(2)29-30(27(22)31)21-9-5-4-6-10-21/h4-14,17-18H,3,15-16H2,1-2H3. The summed E-state index contributed by atoms with van der Waals surface area (Å²) in [5, 5.41) is 6.40. The summed E-state index contributed by atoms with van der Waals surface area (Å²) in [6.45, 7) is 4.87. The second-order valence-electron chi connectivity index (χ2n) is 7.46. The summed E-state index contributed by atoms with van der Waals surface area (Å²) < 4.78 is 17.3. The van der Waals surface area contributed by atoms with Crippen molar-refractivity contribution in [2.45, 2.75) is 13.8 Å². The minimum Gasteiger partial charge on any atom is -0.490 e. The molecule has 0 aliphatic carbocycles. The molecule has 1 heterocycles. The molecule has 3 aromatic carbocycles. The number of halogens is 1. The first-order valence-electron chi connectivity index (χ1n) is 11.0. The van der Waals surface area contributed by atoms with Crippen molar-refractivity contribution in [3.63, 3.8) is 0 Å². The molecular formula is C27H25ClN2O4. The summed E-state index contributed by atoms with van der Waals surface area (Å²) >= 11 is 6.11. The van der Waals surface area contributed by atoms with Crippen molar-refractivity contribution >= 4 is 35.0 Å². The van der Waals surface area contributed by atoms with Crippen LogP contribution in [-0.4, -0.2) is 31.4 Å². The van der Waals surface area contributed by atoms with Crippen LogP contribution >= 0.6 is 11.6 Å². The Kier molecular flexibility index (Phi) is 7.50. The number of anilines is 1. The number of hydrogen-bond acceptors (Lipinski definition) is 5. The van der Waals surface area contributed by atoms with Crippen LogP contribution in [0.4, 0.5) is 5.69 Å². The molecule has 1 aliphatic rings. The monoisotopic (exact) mass is 476 g/mol. The lowest BCUT2D eigenvalue weighted by molar-refractivity contribution is -0.114. The summed E-state index contributed by atoms with van der Waals surface area (Å²) in [5.41, 5.74) is 2.74. The molecule has 7 heteroatoms. The second-order valence-corrected chi connectivity index (χ2v) is 7.87. The molecule has 3 aromatic rings. The largest absolute Gasteiger partial charge is 0.490 e. The Bertz CT molecular complexity index is 1220. The minimum absolute atomic E-state index is 0.168. The van der Waals surface area contributed by atoms with Gasteiger partial charge in [0.2, 0.25) is 0 Å². The predicted molar refractivity (Wildman–Crippen MR) is 135 cm³/mol. The molecule has 0 saturated carbocycles. The zero-order valence-corrected chi connectivity index (χ0v) is 19.8. The van der Waals surface area contributed by atoms with E-state index in [-0.39, 0.29) is 5.91 Å². The molecule has 0 saturated heterocycles. The van der Waals surface area contributed by atoms with Crippen molar-refractivity contribution in [3.05, 3.63) is 89.0 Å². The van der Waals surface area contributed by atoms with Gasteiger partial charge in [0.25, 0.3) is 5.91 Å². The fraction of sp³-hybridized carbons (Fsp3) is 0.185. The van der Waals surface area contributed by atoms with Gasteiger partial charge in [-0.15, -0.1) is 0 Å². The van der Waals surface area contributed by atoms with Gasteiger partial charge in [-0.25, -0.2) is 0 Å². The molecule has 0 bridgehead atoms. The van der Waals surface area contributed by atoms with E-state index in [4.69, 9.17) is 25.8 Å². The highest BCUT2D eigenvalue weighted by molar-refractivity contribution is 6.32. The lowest BCUT2D eigenvalue weighted by Gasteiger charge is -2.14. The maximum absolute atomic E-state index is 13.0. The number of amides is 1. The summed E-state index contributed by atoms with van der Waals surface area (Å²) in [4.78, 5) is 13.0. The van der Waals surface area contributed by atoms with Gasteiger partial charge < -0.3 is 14.2 Å². The van der Waals surface area contributed by atoms with Gasteiger partial charge in [-0.05, 0) is 61.9 Å². The number of hydrogen-bond donors (Lipinski definition) is 0. The number of para-hydroxylation sites is 2. The molecule has 0 unspecified atom stereocenters. The van der Waals surface area contributed by atoms with Crippen molar-refractivity contribution in [1.82, 2.24) is 0 Å². The second kappa shape index (κ2) is 10.9. The average Bonchev–Trinajstić information content (AvgIpc) is 3.13. The van der Waals surface area contributed by atoms with Crippen LogP contribution in [0.1, 0.15) is 19.4 Å². The van der Waals surface area contributed by atoms with Gasteiger partial charge in [0.1, 0.15) is 19.0 Å². The quantitative estimate of drug-likeness (QED) is 0.280. The maximum atomic E-state index is 13.0. The number of nitrogens with zero attached hydrogens (tertiary/aromatic N) is 2. The number of rotatable bonds is 9. The van der Waals surface area contributed by atoms with Crippen molar-refractivity contribution in [3.8, 4) is 17.2 Å². The predicted octanol–water partition coefficient (Wildman–Crippen LogP) is 6.00. The first-order chi connectivity index (χ1) is 16.6. The fourth-order valence-corrected chi connectivity index (χ4v) is 3.65. The number of carbonyl (C=O) groups is 1. The number of carbonyl (C=O) groups excluding carboxylic acids is 1. The topological polar surface area (TPSA) is 60.4 Å². The zero-order chi connectivity index (χ0) is 23.9. The summed E-state index contributed by atoms with van der Waals surface area (Å²) in [6.07, 6.45) is 1.82. The van der Waals surface area contributed by atoms with Gasteiger partial charge in [0.05, 0.1) is 28.6 Å². The minimum atomic E-state index is -0.168. The number of ether oxygens (including phenoxy) is 3.